The Morgan fingerprint density at radius 2 is 1.95 bits per heavy atom. The van der Waals surface area contributed by atoms with Gasteiger partial charge in [0.25, 0.3) is 0 Å². The van der Waals surface area contributed by atoms with Crippen LogP contribution < -0.4 is 10.0 Å². The lowest BCUT2D eigenvalue weighted by atomic mass is 10.2. The zero-order valence-corrected chi connectivity index (χ0v) is 12.0. The van der Waals surface area contributed by atoms with Crippen molar-refractivity contribution in [2.75, 3.05) is 10.8 Å². The molecule has 104 valence electrons. The summed E-state index contributed by atoms with van der Waals surface area (Å²) < 4.78 is 28.5. The highest BCUT2D eigenvalue weighted by atomic mass is 32.2. The second kappa shape index (κ2) is 4.76. The van der Waals surface area contributed by atoms with Gasteiger partial charge in [-0.15, -0.1) is 4.40 Å². The van der Waals surface area contributed by atoms with E-state index in [4.69, 9.17) is 5.73 Å². The summed E-state index contributed by atoms with van der Waals surface area (Å²) in [6, 6.07) is 0. The van der Waals surface area contributed by atoms with Crippen LogP contribution in [0.5, 0.6) is 0 Å². The predicted molar refractivity (Wildman–Crippen MR) is 73.4 cm³/mol. The van der Waals surface area contributed by atoms with Gasteiger partial charge in [-0.2, -0.15) is 8.42 Å². The molecule has 19 heavy (non-hydrogen) atoms. The van der Waals surface area contributed by atoms with Gasteiger partial charge in [0.2, 0.25) is 0 Å². The molecule has 0 bridgehead atoms. The Hall–Kier alpha value is -1.70. The summed E-state index contributed by atoms with van der Waals surface area (Å²) in [7, 11) is -3.79. The molecule has 0 spiro atoms. The maximum absolute atomic E-state index is 11.9. The number of hydrogen-bond acceptors (Lipinski definition) is 5. The molecule has 0 unspecified atom stereocenters. The lowest BCUT2D eigenvalue weighted by Gasteiger charge is -2.25. The van der Waals surface area contributed by atoms with Gasteiger partial charge in [-0.3, -0.25) is 0 Å². The van der Waals surface area contributed by atoms with Crippen LogP contribution in [0, 0.1) is 6.92 Å². The number of fused-ring (bicyclic) bond motifs is 1. The van der Waals surface area contributed by atoms with Crippen LogP contribution in [0.4, 0.5) is 5.82 Å². The predicted octanol–water partition coefficient (Wildman–Crippen LogP) is 0.528. The third-order valence-electron chi connectivity index (χ3n) is 2.89. The van der Waals surface area contributed by atoms with Gasteiger partial charge in [0.1, 0.15) is 5.69 Å². The summed E-state index contributed by atoms with van der Waals surface area (Å²) in [5.41, 5.74) is 7.57. The van der Waals surface area contributed by atoms with Gasteiger partial charge in [-0.1, -0.05) is 13.3 Å². The SMILES string of the molecule is CCCc1nc2c(nc1C)C(N)=NS(=O)(=O)N2CC. The van der Waals surface area contributed by atoms with Gasteiger partial charge in [-0.25, -0.2) is 14.3 Å². The Kier molecular flexibility index (Phi) is 3.44. The standard InChI is InChI=1S/C11H17N5O2S/c1-4-6-8-7(3)13-9-10(12)15-19(17,18)16(5-2)11(9)14-8/h4-6H2,1-3H3,(H2,12,15). The Labute approximate surface area is 112 Å². The fourth-order valence-electron chi connectivity index (χ4n) is 2.00. The van der Waals surface area contributed by atoms with Crippen molar-refractivity contribution in [2.24, 2.45) is 10.1 Å². The summed E-state index contributed by atoms with van der Waals surface area (Å²) in [5, 5.41) is 0. The first-order valence-corrected chi connectivity index (χ1v) is 7.56. The van der Waals surface area contributed by atoms with E-state index < -0.39 is 10.2 Å². The first-order valence-electron chi connectivity index (χ1n) is 6.16. The van der Waals surface area contributed by atoms with Crippen LogP contribution in [0.2, 0.25) is 0 Å². The van der Waals surface area contributed by atoms with Crippen LogP contribution in [0.3, 0.4) is 0 Å². The molecule has 0 aliphatic carbocycles. The van der Waals surface area contributed by atoms with E-state index in [2.05, 4.69) is 14.4 Å². The second-order valence-corrected chi connectivity index (χ2v) is 5.82. The normalized spacial score (nSPS) is 17.0. The smallest absolute Gasteiger partial charge is 0.347 e. The van der Waals surface area contributed by atoms with E-state index in [1.54, 1.807) is 6.92 Å². The lowest BCUT2D eigenvalue weighted by molar-refractivity contribution is 0.592. The van der Waals surface area contributed by atoms with Crippen molar-refractivity contribution in [3.05, 3.63) is 17.1 Å². The average Bonchev–Trinajstić information content (AvgIpc) is 2.31. The van der Waals surface area contributed by atoms with Crippen LogP contribution in [0.25, 0.3) is 0 Å². The number of rotatable bonds is 3. The largest absolute Gasteiger partial charge is 0.381 e. The van der Waals surface area contributed by atoms with Gasteiger partial charge in [0.05, 0.1) is 11.4 Å². The summed E-state index contributed by atoms with van der Waals surface area (Å²) in [6.07, 6.45) is 1.66. The molecule has 0 fully saturated rings. The molecule has 0 amide bonds. The zero-order valence-electron chi connectivity index (χ0n) is 11.2. The van der Waals surface area contributed by atoms with E-state index >= 15 is 0 Å². The van der Waals surface area contributed by atoms with Crippen LogP contribution in [-0.4, -0.2) is 30.8 Å². The average molecular weight is 283 g/mol. The Balaban J connectivity index is 2.68. The maximum Gasteiger partial charge on any atom is 0.347 e. The van der Waals surface area contributed by atoms with Crippen molar-refractivity contribution in [3.8, 4) is 0 Å². The Bertz CT molecular complexity index is 639. The monoisotopic (exact) mass is 283 g/mol. The summed E-state index contributed by atoms with van der Waals surface area (Å²) in [6.45, 7) is 5.84. The Morgan fingerprint density at radius 1 is 1.26 bits per heavy atom. The summed E-state index contributed by atoms with van der Waals surface area (Å²) >= 11 is 0. The molecule has 2 N–H and O–H groups in total. The number of hydrogen-bond donors (Lipinski definition) is 1. The molecule has 0 radical (unpaired) electrons. The van der Waals surface area contributed by atoms with E-state index in [0.717, 1.165) is 28.5 Å². The molecule has 2 rings (SSSR count). The minimum absolute atomic E-state index is 0.0988. The zero-order chi connectivity index (χ0) is 14.2. The van der Waals surface area contributed by atoms with Crippen molar-refractivity contribution in [1.29, 1.82) is 0 Å². The number of aromatic nitrogens is 2. The fourth-order valence-corrected chi connectivity index (χ4v) is 3.11. The second-order valence-electron chi connectivity index (χ2n) is 4.30. The van der Waals surface area contributed by atoms with E-state index in [0.29, 0.717) is 5.69 Å². The molecule has 0 saturated heterocycles. The van der Waals surface area contributed by atoms with Gasteiger partial charge in [0.15, 0.2) is 11.7 Å². The van der Waals surface area contributed by atoms with E-state index in [1.807, 2.05) is 13.8 Å². The minimum atomic E-state index is -3.79. The van der Waals surface area contributed by atoms with Crippen molar-refractivity contribution in [1.82, 2.24) is 9.97 Å². The molecule has 1 aromatic rings. The number of nitrogens with two attached hydrogens (primary N) is 1. The van der Waals surface area contributed by atoms with E-state index in [9.17, 15) is 8.42 Å². The van der Waals surface area contributed by atoms with Crippen molar-refractivity contribution >= 4 is 21.9 Å². The van der Waals surface area contributed by atoms with Crippen LogP contribution in [0.1, 0.15) is 37.4 Å². The number of nitrogens with zero attached hydrogens (tertiary/aromatic N) is 4. The van der Waals surface area contributed by atoms with Crippen molar-refractivity contribution < 1.29 is 8.42 Å². The maximum atomic E-state index is 11.9. The third kappa shape index (κ3) is 2.27. The van der Waals surface area contributed by atoms with Crippen LogP contribution in [0.15, 0.2) is 4.40 Å². The molecule has 8 heteroatoms. The van der Waals surface area contributed by atoms with E-state index in [-0.39, 0.29) is 18.2 Å². The highest BCUT2D eigenvalue weighted by Crippen LogP contribution is 2.26. The molecule has 0 saturated carbocycles. The number of amidine groups is 1. The minimum Gasteiger partial charge on any atom is -0.381 e. The van der Waals surface area contributed by atoms with Gasteiger partial charge in [-0.05, 0) is 20.3 Å². The summed E-state index contributed by atoms with van der Waals surface area (Å²) in [4.78, 5) is 8.78. The van der Waals surface area contributed by atoms with Gasteiger partial charge >= 0.3 is 10.2 Å². The molecule has 1 aliphatic heterocycles. The third-order valence-corrected chi connectivity index (χ3v) is 4.31. The first-order chi connectivity index (χ1) is 8.90. The lowest BCUT2D eigenvalue weighted by Crippen LogP contribution is -2.38. The molecular weight excluding hydrogens is 266 g/mol. The molecule has 0 aromatic carbocycles. The molecule has 1 aromatic heterocycles. The topological polar surface area (TPSA) is 102 Å². The number of anilines is 1. The molecule has 7 nitrogen and oxygen atoms in total. The number of aryl methyl sites for hydroxylation is 2. The summed E-state index contributed by atoms with van der Waals surface area (Å²) in [5.74, 6) is 0.183. The van der Waals surface area contributed by atoms with Crippen molar-refractivity contribution in [3.63, 3.8) is 0 Å². The van der Waals surface area contributed by atoms with Gasteiger partial charge < -0.3 is 5.73 Å². The first kappa shape index (κ1) is 13.7. The molecule has 1 aliphatic rings. The molecular formula is C11H17N5O2S. The van der Waals surface area contributed by atoms with Crippen molar-refractivity contribution in [2.45, 2.75) is 33.6 Å². The van der Waals surface area contributed by atoms with Crippen LogP contribution in [-0.2, 0) is 16.6 Å². The highest BCUT2D eigenvalue weighted by Gasteiger charge is 2.32. The highest BCUT2D eigenvalue weighted by molar-refractivity contribution is 7.91. The quantitative estimate of drug-likeness (QED) is 0.871. The van der Waals surface area contributed by atoms with E-state index in [1.165, 1.54) is 0 Å². The Morgan fingerprint density at radius 3 is 2.53 bits per heavy atom. The van der Waals surface area contributed by atoms with Gasteiger partial charge in [0, 0.05) is 6.54 Å². The molecule has 2 heterocycles. The molecule has 0 atom stereocenters. The fraction of sp³-hybridized carbons (Fsp3) is 0.545. The van der Waals surface area contributed by atoms with Crippen LogP contribution >= 0.6 is 0 Å².